The summed E-state index contributed by atoms with van der Waals surface area (Å²) in [4.78, 5) is 43.2. The van der Waals surface area contributed by atoms with Crippen LogP contribution in [0.1, 0.15) is 34.8 Å². The maximum absolute atomic E-state index is 14.0. The molecule has 1 aromatic rings. The Bertz CT molecular complexity index is 1370. The number of aromatic hydroxyl groups is 1. The molecule has 0 fully saturated rings. The van der Waals surface area contributed by atoms with Crippen molar-refractivity contribution in [1.29, 1.82) is 0 Å². The summed E-state index contributed by atoms with van der Waals surface area (Å²) in [6, 6.07) is 2.07. The van der Waals surface area contributed by atoms with E-state index in [1.54, 1.807) is 27.3 Å². The van der Waals surface area contributed by atoms with Crippen molar-refractivity contribution in [2.75, 3.05) is 48.5 Å². The third-order valence-corrected chi connectivity index (χ3v) is 8.95. The third-order valence-electron chi connectivity index (χ3n) is 8.95. The van der Waals surface area contributed by atoms with Crippen LogP contribution in [0.5, 0.6) is 5.75 Å². The molecular formula is C30H41N3O10. The summed E-state index contributed by atoms with van der Waals surface area (Å²) in [5, 5.41) is 45.0. The van der Waals surface area contributed by atoms with Gasteiger partial charge in [0.25, 0.3) is 5.91 Å². The van der Waals surface area contributed by atoms with E-state index in [9.17, 15) is 34.8 Å². The topological polar surface area (TPSA) is 192 Å². The Morgan fingerprint density at radius 2 is 1.74 bits per heavy atom. The SMILES string of the molecule is COC(C)CN(Cc1ccc(O)c2c1C[C@H]1C[C@H]3[C@@H](N(C)C)C(O)=C(C(N)=O)C(=O)[C@@]3(O)C(O)=C1C2=O)CC(OC)OC. The number of methoxy groups -OCH3 is 3. The number of phenols is 1. The predicted molar refractivity (Wildman–Crippen MR) is 153 cm³/mol. The van der Waals surface area contributed by atoms with Gasteiger partial charge in [-0.3, -0.25) is 24.2 Å². The molecule has 0 aliphatic heterocycles. The van der Waals surface area contributed by atoms with Gasteiger partial charge in [-0.05, 0) is 57.0 Å². The molecule has 0 saturated carbocycles. The van der Waals surface area contributed by atoms with Gasteiger partial charge >= 0.3 is 0 Å². The maximum atomic E-state index is 14.0. The first kappa shape index (κ1) is 32.6. The Morgan fingerprint density at radius 3 is 2.30 bits per heavy atom. The van der Waals surface area contributed by atoms with Gasteiger partial charge in [0.2, 0.25) is 5.78 Å². The number of likely N-dealkylation sites (N-methyl/N-ethyl adjacent to an activating group) is 1. The number of allylic oxidation sites excluding steroid dienone is 1. The van der Waals surface area contributed by atoms with E-state index in [-0.39, 0.29) is 35.8 Å². The Labute approximate surface area is 250 Å². The Balaban J connectivity index is 1.82. The minimum Gasteiger partial charge on any atom is -0.510 e. The molecule has 0 aromatic heterocycles. The minimum atomic E-state index is -2.68. The average molecular weight is 604 g/mol. The van der Waals surface area contributed by atoms with Crippen LogP contribution >= 0.6 is 0 Å². The van der Waals surface area contributed by atoms with Gasteiger partial charge in [0.1, 0.15) is 22.8 Å². The first-order valence-electron chi connectivity index (χ1n) is 14.0. The summed E-state index contributed by atoms with van der Waals surface area (Å²) in [7, 11) is 7.86. The van der Waals surface area contributed by atoms with E-state index in [0.29, 0.717) is 25.2 Å². The number of Topliss-reactive ketones (excluding diaryl/α,β-unsaturated/α-hetero) is 2. The van der Waals surface area contributed by atoms with Gasteiger partial charge in [-0.15, -0.1) is 0 Å². The smallest absolute Gasteiger partial charge is 0.255 e. The zero-order valence-electron chi connectivity index (χ0n) is 25.3. The van der Waals surface area contributed by atoms with Crippen molar-refractivity contribution in [1.82, 2.24) is 9.80 Å². The van der Waals surface area contributed by atoms with Crippen LogP contribution in [0, 0.1) is 11.8 Å². The second-order valence-electron chi connectivity index (χ2n) is 11.7. The van der Waals surface area contributed by atoms with E-state index in [4.69, 9.17) is 19.9 Å². The van der Waals surface area contributed by atoms with Crippen LogP contribution in [-0.2, 0) is 36.8 Å². The summed E-state index contributed by atoms with van der Waals surface area (Å²) in [5.41, 5.74) is 2.96. The molecule has 3 aliphatic carbocycles. The van der Waals surface area contributed by atoms with Crippen LogP contribution in [-0.4, -0.2) is 120 Å². The molecule has 0 bridgehead atoms. The van der Waals surface area contributed by atoms with Gasteiger partial charge in [0, 0.05) is 52.5 Å². The van der Waals surface area contributed by atoms with Crippen LogP contribution < -0.4 is 5.73 Å². The number of rotatable bonds is 11. The number of nitrogens with zero attached hydrogens (tertiary/aromatic N) is 2. The highest BCUT2D eigenvalue weighted by Gasteiger charge is 2.63. The summed E-state index contributed by atoms with van der Waals surface area (Å²) in [6.07, 6.45) is -0.451. The highest BCUT2D eigenvalue weighted by atomic mass is 16.7. The molecule has 0 saturated heterocycles. The molecule has 13 nitrogen and oxygen atoms in total. The number of primary amides is 1. The van der Waals surface area contributed by atoms with E-state index >= 15 is 0 Å². The molecule has 0 heterocycles. The number of nitrogens with two attached hydrogens (primary N) is 1. The van der Waals surface area contributed by atoms with Gasteiger partial charge in [0.05, 0.1) is 17.7 Å². The first-order valence-corrected chi connectivity index (χ1v) is 14.0. The Kier molecular flexibility index (Phi) is 9.35. The average Bonchev–Trinajstić information content (AvgIpc) is 2.94. The van der Waals surface area contributed by atoms with Crippen LogP contribution in [0.25, 0.3) is 0 Å². The van der Waals surface area contributed by atoms with Crippen molar-refractivity contribution in [2.24, 2.45) is 17.6 Å². The van der Waals surface area contributed by atoms with Gasteiger partial charge in [-0.25, -0.2) is 0 Å². The molecule has 0 spiro atoms. The maximum Gasteiger partial charge on any atom is 0.255 e. The molecule has 6 N–H and O–H groups in total. The van der Waals surface area contributed by atoms with Crippen LogP contribution in [0.3, 0.4) is 0 Å². The van der Waals surface area contributed by atoms with E-state index in [1.807, 2.05) is 11.8 Å². The molecule has 43 heavy (non-hydrogen) atoms. The van der Waals surface area contributed by atoms with Gasteiger partial charge in [0.15, 0.2) is 17.7 Å². The number of amides is 1. The summed E-state index contributed by atoms with van der Waals surface area (Å²) in [5.74, 6) is -6.83. The van der Waals surface area contributed by atoms with Crippen molar-refractivity contribution in [3.63, 3.8) is 0 Å². The summed E-state index contributed by atoms with van der Waals surface area (Å²) < 4.78 is 16.3. The Hall–Kier alpha value is -3.33. The molecule has 0 radical (unpaired) electrons. The van der Waals surface area contributed by atoms with E-state index in [1.165, 1.54) is 25.2 Å². The lowest BCUT2D eigenvalue weighted by molar-refractivity contribution is -0.148. The van der Waals surface area contributed by atoms with Crippen LogP contribution in [0.15, 0.2) is 34.8 Å². The largest absolute Gasteiger partial charge is 0.510 e. The van der Waals surface area contributed by atoms with Crippen LogP contribution in [0.4, 0.5) is 0 Å². The van der Waals surface area contributed by atoms with Crippen molar-refractivity contribution in [3.05, 3.63) is 51.5 Å². The standard InChI is InChI=1S/C30H41N3O10/c1-14(41-4)11-33(13-20(42-5)43-6)12-15-7-8-19(34)22-17(15)9-16-10-18-24(32(2)3)26(36)23(29(31)39)28(38)30(18,40)27(37)21(16)25(22)35/h7-8,14,16,18,20,24,34,36-37,40H,9-13H2,1-6H3,(H2,31,39)/t14?,16-,18-,24+,30-/m0/s1. The third kappa shape index (κ3) is 5.45. The van der Waals surface area contributed by atoms with E-state index < -0.39 is 64.3 Å². The number of hydrogen-bond donors (Lipinski definition) is 5. The quantitative estimate of drug-likeness (QED) is 0.175. The number of carbonyl (C=O) groups is 3. The van der Waals surface area contributed by atoms with E-state index in [2.05, 4.69) is 0 Å². The molecule has 1 unspecified atom stereocenters. The molecular weight excluding hydrogens is 562 g/mol. The number of fused-ring (bicyclic) bond motifs is 3. The number of benzene rings is 1. The molecule has 3 aliphatic rings. The molecule has 5 atom stereocenters. The zero-order valence-corrected chi connectivity index (χ0v) is 25.3. The summed E-state index contributed by atoms with van der Waals surface area (Å²) >= 11 is 0. The van der Waals surface area contributed by atoms with Crippen molar-refractivity contribution < 1.29 is 49.0 Å². The van der Waals surface area contributed by atoms with Crippen molar-refractivity contribution in [3.8, 4) is 5.75 Å². The highest BCUT2D eigenvalue weighted by molar-refractivity contribution is 6.24. The normalized spacial score (nSPS) is 26.2. The number of hydrogen-bond acceptors (Lipinski definition) is 12. The zero-order chi connectivity index (χ0) is 32.0. The number of aliphatic hydroxyl groups is 3. The monoisotopic (exact) mass is 603 g/mol. The lowest BCUT2D eigenvalue weighted by atomic mass is 9.58. The Morgan fingerprint density at radius 1 is 1.09 bits per heavy atom. The second-order valence-corrected chi connectivity index (χ2v) is 11.7. The van der Waals surface area contributed by atoms with Crippen molar-refractivity contribution >= 4 is 17.5 Å². The van der Waals surface area contributed by atoms with Crippen LogP contribution in [0.2, 0.25) is 0 Å². The fourth-order valence-electron chi connectivity index (χ4n) is 6.80. The van der Waals surface area contributed by atoms with Gasteiger partial charge in [-0.2, -0.15) is 0 Å². The highest BCUT2D eigenvalue weighted by Crippen LogP contribution is 2.52. The molecule has 1 aromatic carbocycles. The number of ether oxygens (including phenoxy) is 3. The number of carbonyl (C=O) groups excluding carboxylic acids is 3. The molecule has 236 valence electrons. The number of aliphatic hydroxyl groups excluding tert-OH is 2. The molecule has 1 amide bonds. The van der Waals surface area contributed by atoms with Gasteiger partial charge in [-0.1, -0.05) is 6.07 Å². The minimum absolute atomic E-state index is 0.0146. The van der Waals surface area contributed by atoms with Crippen molar-refractivity contribution in [2.45, 2.75) is 50.3 Å². The fourth-order valence-corrected chi connectivity index (χ4v) is 6.80. The predicted octanol–water partition coefficient (Wildman–Crippen LogP) is 0.576. The fraction of sp³-hybridized carbons (Fsp3) is 0.567. The number of phenolic OH excluding ortho intramolecular Hbond substituents is 1. The van der Waals surface area contributed by atoms with Gasteiger partial charge < -0.3 is 40.4 Å². The number of ketones is 2. The first-order chi connectivity index (χ1) is 20.2. The second kappa shape index (κ2) is 12.3. The molecule has 13 heteroatoms. The lowest BCUT2D eigenvalue weighted by Gasteiger charge is -2.50. The molecule has 4 rings (SSSR count). The lowest BCUT2D eigenvalue weighted by Crippen LogP contribution is -2.63. The summed E-state index contributed by atoms with van der Waals surface area (Å²) in [6.45, 7) is 3.16. The van der Waals surface area contributed by atoms with E-state index in [0.717, 1.165) is 5.56 Å².